The molecule has 2 aliphatic rings. The van der Waals surface area contributed by atoms with Gasteiger partial charge < -0.3 is 10.5 Å². The zero-order valence-corrected chi connectivity index (χ0v) is 12.3. The van der Waals surface area contributed by atoms with Crippen molar-refractivity contribution in [2.75, 3.05) is 0 Å². The van der Waals surface area contributed by atoms with Crippen molar-refractivity contribution in [2.24, 2.45) is 5.73 Å². The molecule has 5 nitrogen and oxygen atoms in total. The number of hydrogen-bond acceptors (Lipinski definition) is 4. The minimum Gasteiger partial charge on any atom is -0.373 e. The molecule has 0 spiro atoms. The minimum atomic E-state index is -3.51. The minimum absolute atomic E-state index is 0.0337. The van der Waals surface area contributed by atoms with Crippen LogP contribution in [0.5, 0.6) is 0 Å². The van der Waals surface area contributed by atoms with Crippen molar-refractivity contribution in [2.45, 2.75) is 55.4 Å². The van der Waals surface area contributed by atoms with Crippen molar-refractivity contribution in [1.82, 2.24) is 4.72 Å². The zero-order valence-electron chi connectivity index (χ0n) is 11.5. The molecule has 0 amide bonds. The Labute approximate surface area is 119 Å². The van der Waals surface area contributed by atoms with Gasteiger partial charge in [0.2, 0.25) is 10.0 Å². The summed E-state index contributed by atoms with van der Waals surface area (Å²) in [4.78, 5) is 0.273. The van der Waals surface area contributed by atoms with Crippen LogP contribution in [0.15, 0.2) is 29.2 Å². The Hall–Kier alpha value is -0.950. The Balaban J connectivity index is 1.79. The van der Waals surface area contributed by atoms with E-state index in [0.717, 1.165) is 24.8 Å². The predicted molar refractivity (Wildman–Crippen MR) is 75.7 cm³/mol. The molecule has 2 fully saturated rings. The van der Waals surface area contributed by atoms with E-state index in [1.54, 1.807) is 18.2 Å². The summed E-state index contributed by atoms with van der Waals surface area (Å²) in [5.41, 5.74) is 6.62. The number of sulfonamides is 1. The van der Waals surface area contributed by atoms with E-state index < -0.39 is 10.0 Å². The fraction of sp³-hybridized carbons (Fsp3) is 0.571. The highest BCUT2D eigenvalue weighted by molar-refractivity contribution is 7.89. The Morgan fingerprint density at radius 3 is 2.80 bits per heavy atom. The largest absolute Gasteiger partial charge is 0.373 e. The van der Waals surface area contributed by atoms with Crippen LogP contribution in [0.1, 0.15) is 37.8 Å². The molecule has 2 saturated heterocycles. The third kappa shape index (κ3) is 2.61. The molecule has 0 aliphatic carbocycles. The molecule has 20 heavy (non-hydrogen) atoms. The van der Waals surface area contributed by atoms with Gasteiger partial charge in [-0.05, 0) is 43.9 Å². The summed E-state index contributed by atoms with van der Waals surface area (Å²) in [5, 5.41) is 0. The van der Waals surface area contributed by atoms with Gasteiger partial charge >= 0.3 is 0 Å². The van der Waals surface area contributed by atoms with Crippen molar-refractivity contribution in [3.63, 3.8) is 0 Å². The number of benzene rings is 1. The SMILES string of the molecule is CC(N)c1cccc(S(=O)(=O)NC2CC3CCC2O3)c1. The fourth-order valence-corrected chi connectivity index (χ4v) is 4.33. The molecule has 0 saturated carbocycles. The second-order valence-electron chi connectivity index (χ2n) is 5.70. The summed E-state index contributed by atoms with van der Waals surface area (Å²) in [6.07, 6.45) is 3.02. The van der Waals surface area contributed by atoms with Gasteiger partial charge in [-0.15, -0.1) is 0 Å². The number of nitrogens with two attached hydrogens (primary N) is 1. The summed E-state index contributed by atoms with van der Waals surface area (Å²) in [7, 11) is -3.51. The van der Waals surface area contributed by atoms with E-state index >= 15 is 0 Å². The molecule has 0 aromatic heterocycles. The van der Waals surface area contributed by atoms with Crippen molar-refractivity contribution in [3.8, 4) is 0 Å². The monoisotopic (exact) mass is 296 g/mol. The van der Waals surface area contributed by atoms with Crippen LogP contribution >= 0.6 is 0 Å². The van der Waals surface area contributed by atoms with Crippen LogP contribution in [-0.4, -0.2) is 26.7 Å². The maximum Gasteiger partial charge on any atom is 0.240 e. The lowest BCUT2D eigenvalue weighted by atomic mass is 9.96. The number of rotatable bonds is 4. The van der Waals surface area contributed by atoms with E-state index in [-0.39, 0.29) is 29.2 Å². The lowest BCUT2D eigenvalue weighted by Gasteiger charge is -2.20. The molecular formula is C14H20N2O3S. The Morgan fingerprint density at radius 1 is 1.40 bits per heavy atom. The molecule has 2 heterocycles. The predicted octanol–water partition coefficient (Wildman–Crippen LogP) is 1.30. The van der Waals surface area contributed by atoms with E-state index in [0.29, 0.717) is 0 Å². The quantitative estimate of drug-likeness (QED) is 0.877. The molecule has 4 unspecified atom stereocenters. The molecule has 0 radical (unpaired) electrons. The molecular weight excluding hydrogens is 276 g/mol. The van der Waals surface area contributed by atoms with E-state index in [2.05, 4.69) is 4.72 Å². The third-order valence-electron chi connectivity index (χ3n) is 4.11. The second kappa shape index (κ2) is 5.11. The lowest BCUT2D eigenvalue weighted by Crippen LogP contribution is -2.41. The highest BCUT2D eigenvalue weighted by Crippen LogP contribution is 2.35. The van der Waals surface area contributed by atoms with Gasteiger partial charge in [-0.2, -0.15) is 0 Å². The third-order valence-corrected chi connectivity index (χ3v) is 5.59. The first-order valence-corrected chi connectivity index (χ1v) is 8.47. The Morgan fingerprint density at radius 2 is 2.20 bits per heavy atom. The molecule has 2 bridgehead atoms. The average molecular weight is 296 g/mol. The van der Waals surface area contributed by atoms with Crippen LogP contribution in [-0.2, 0) is 14.8 Å². The van der Waals surface area contributed by atoms with Crippen molar-refractivity contribution < 1.29 is 13.2 Å². The van der Waals surface area contributed by atoms with Crippen molar-refractivity contribution in [3.05, 3.63) is 29.8 Å². The van der Waals surface area contributed by atoms with E-state index in [9.17, 15) is 8.42 Å². The summed E-state index contributed by atoms with van der Waals surface area (Å²) in [5.74, 6) is 0. The molecule has 3 N–H and O–H groups in total. The van der Waals surface area contributed by atoms with Gasteiger partial charge in [0.05, 0.1) is 23.1 Å². The van der Waals surface area contributed by atoms with Crippen LogP contribution in [0, 0.1) is 0 Å². The van der Waals surface area contributed by atoms with E-state index in [1.165, 1.54) is 0 Å². The molecule has 6 heteroatoms. The van der Waals surface area contributed by atoms with Crippen LogP contribution in [0.25, 0.3) is 0 Å². The van der Waals surface area contributed by atoms with Crippen LogP contribution in [0.3, 0.4) is 0 Å². The molecule has 3 rings (SSSR count). The smallest absolute Gasteiger partial charge is 0.240 e. The van der Waals surface area contributed by atoms with Gasteiger partial charge in [0.15, 0.2) is 0 Å². The molecule has 1 aromatic rings. The number of nitrogens with one attached hydrogen (secondary N) is 1. The summed E-state index contributed by atoms with van der Waals surface area (Å²) >= 11 is 0. The maximum atomic E-state index is 12.4. The maximum absolute atomic E-state index is 12.4. The van der Waals surface area contributed by atoms with Gasteiger partial charge in [0.1, 0.15) is 0 Å². The standard InChI is InChI=1S/C14H20N2O3S/c1-9(15)10-3-2-4-12(7-10)20(17,18)16-13-8-11-5-6-14(13)19-11/h2-4,7,9,11,13-14,16H,5-6,8,15H2,1H3. The van der Waals surface area contributed by atoms with Crippen molar-refractivity contribution in [1.29, 1.82) is 0 Å². The van der Waals surface area contributed by atoms with Gasteiger partial charge in [-0.1, -0.05) is 12.1 Å². The second-order valence-corrected chi connectivity index (χ2v) is 7.41. The molecule has 110 valence electrons. The zero-order chi connectivity index (χ0) is 14.3. The fourth-order valence-electron chi connectivity index (χ4n) is 2.99. The molecule has 1 aromatic carbocycles. The van der Waals surface area contributed by atoms with Gasteiger partial charge in [0.25, 0.3) is 0 Å². The normalized spacial score (nSPS) is 30.6. The lowest BCUT2D eigenvalue weighted by molar-refractivity contribution is 0.0996. The highest BCUT2D eigenvalue weighted by Gasteiger charge is 2.42. The van der Waals surface area contributed by atoms with Gasteiger partial charge in [-0.25, -0.2) is 13.1 Å². The number of hydrogen-bond donors (Lipinski definition) is 2. The number of ether oxygens (including phenoxy) is 1. The van der Waals surface area contributed by atoms with Crippen molar-refractivity contribution >= 4 is 10.0 Å². The van der Waals surface area contributed by atoms with Crippen LogP contribution in [0.2, 0.25) is 0 Å². The van der Waals surface area contributed by atoms with E-state index in [4.69, 9.17) is 10.5 Å². The number of fused-ring (bicyclic) bond motifs is 2. The average Bonchev–Trinajstić information content (AvgIpc) is 3.00. The molecule has 2 aliphatic heterocycles. The van der Waals surface area contributed by atoms with Crippen LogP contribution in [0.4, 0.5) is 0 Å². The molecule has 4 atom stereocenters. The first kappa shape index (κ1) is 14.0. The Bertz CT molecular complexity index is 600. The van der Waals surface area contributed by atoms with Gasteiger partial charge in [0, 0.05) is 6.04 Å². The first-order chi connectivity index (χ1) is 9.45. The summed E-state index contributed by atoms with van der Waals surface area (Å²) in [6, 6.07) is 6.52. The summed E-state index contributed by atoms with van der Waals surface area (Å²) < 4.78 is 33.3. The van der Waals surface area contributed by atoms with E-state index in [1.807, 2.05) is 13.0 Å². The Kier molecular flexibility index (Phi) is 3.58. The summed E-state index contributed by atoms with van der Waals surface area (Å²) in [6.45, 7) is 1.84. The van der Waals surface area contributed by atoms with Crippen LogP contribution < -0.4 is 10.5 Å². The highest BCUT2D eigenvalue weighted by atomic mass is 32.2. The topological polar surface area (TPSA) is 81.4 Å². The van der Waals surface area contributed by atoms with Gasteiger partial charge in [-0.3, -0.25) is 0 Å². The first-order valence-electron chi connectivity index (χ1n) is 6.99.